The van der Waals surface area contributed by atoms with E-state index in [-0.39, 0.29) is 24.0 Å². The van der Waals surface area contributed by atoms with Gasteiger partial charge in [0.25, 0.3) is 0 Å². The third kappa shape index (κ3) is 8.69. The van der Waals surface area contributed by atoms with Gasteiger partial charge in [0.15, 0.2) is 5.16 Å². The summed E-state index contributed by atoms with van der Waals surface area (Å²) in [6, 6.07) is 21.8. The van der Waals surface area contributed by atoms with Crippen molar-refractivity contribution >= 4 is 29.3 Å². The number of hydrogen-bond donors (Lipinski definition) is 1. The number of likely N-dealkylation sites (N-methyl/N-ethyl adjacent to an activating group) is 1. The summed E-state index contributed by atoms with van der Waals surface area (Å²) in [5, 5.41) is 11.4. The number of aromatic hydroxyl groups is 1. The fourth-order valence-corrected chi connectivity index (χ4v) is 5.76. The van der Waals surface area contributed by atoms with Crippen molar-refractivity contribution in [2.45, 2.75) is 44.8 Å². The number of carbonyl (C=O) groups is 1. The first-order chi connectivity index (χ1) is 20.7. The van der Waals surface area contributed by atoms with Crippen LogP contribution in [0.15, 0.2) is 82.7 Å². The van der Waals surface area contributed by atoms with Crippen molar-refractivity contribution in [3.63, 3.8) is 0 Å². The quantitative estimate of drug-likeness (QED) is 0.138. The van der Waals surface area contributed by atoms with Gasteiger partial charge in [0.2, 0.25) is 11.7 Å². The number of rotatable bonds is 13. The lowest BCUT2D eigenvalue weighted by molar-refractivity contribution is -0.132. The number of benzene rings is 3. The molecule has 0 saturated carbocycles. The highest BCUT2D eigenvalue weighted by atomic mass is 35.5. The number of halogens is 2. The Hall–Kier alpha value is -3.66. The molecule has 4 aromatic rings. The van der Waals surface area contributed by atoms with Gasteiger partial charge >= 0.3 is 5.56 Å². The fraction of sp³-hybridized carbons (Fsp3) is 0.303. The molecule has 0 radical (unpaired) electrons. The molecule has 10 heteroatoms. The van der Waals surface area contributed by atoms with E-state index in [1.165, 1.54) is 23.9 Å². The predicted octanol–water partition coefficient (Wildman–Crippen LogP) is 6.38. The summed E-state index contributed by atoms with van der Waals surface area (Å²) >= 11 is 7.30. The van der Waals surface area contributed by atoms with Gasteiger partial charge in [-0.3, -0.25) is 9.59 Å². The zero-order valence-electron chi connectivity index (χ0n) is 24.6. The molecule has 3 aromatic carbocycles. The molecule has 1 N–H and O–H groups in total. The van der Waals surface area contributed by atoms with Crippen molar-refractivity contribution in [3.8, 4) is 16.9 Å². The van der Waals surface area contributed by atoms with Crippen molar-refractivity contribution in [2.75, 3.05) is 26.2 Å². The molecule has 43 heavy (non-hydrogen) atoms. The van der Waals surface area contributed by atoms with Crippen LogP contribution in [0.4, 0.5) is 4.39 Å². The number of thioether (sulfide) groups is 1. The molecule has 0 atom stereocenters. The lowest BCUT2D eigenvalue weighted by Crippen LogP contribution is -2.40. The van der Waals surface area contributed by atoms with E-state index < -0.39 is 11.3 Å². The van der Waals surface area contributed by atoms with E-state index in [1.807, 2.05) is 48.5 Å². The minimum absolute atomic E-state index is 0.0977. The Morgan fingerprint density at radius 3 is 2.12 bits per heavy atom. The zero-order chi connectivity index (χ0) is 30.9. The van der Waals surface area contributed by atoms with Crippen LogP contribution in [0.5, 0.6) is 5.75 Å². The molecule has 226 valence electrons. The van der Waals surface area contributed by atoms with Crippen LogP contribution in [0.3, 0.4) is 0 Å². The first-order valence-corrected chi connectivity index (χ1v) is 15.6. The van der Waals surface area contributed by atoms with E-state index in [2.05, 4.69) is 23.7 Å². The van der Waals surface area contributed by atoms with Gasteiger partial charge in [0.1, 0.15) is 12.4 Å². The zero-order valence-corrected chi connectivity index (χ0v) is 26.2. The molecule has 0 fully saturated rings. The topological polar surface area (TPSA) is 78.7 Å². The number of hydrogen-bond acceptors (Lipinski definition) is 6. The van der Waals surface area contributed by atoms with Gasteiger partial charge in [-0.1, -0.05) is 85.7 Å². The van der Waals surface area contributed by atoms with Gasteiger partial charge < -0.3 is 19.5 Å². The average molecular weight is 623 g/mol. The molecular weight excluding hydrogens is 587 g/mol. The smallest absolute Gasteiger partial charge is 0.316 e. The minimum Gasteiger partial charge on any atom is -0.502 e. The molecule has 1 amide bonds. The molecule has 1 aromatic heterocycles. The molecule has 4 rings (SSSR count). The van der Waals surface area contributed by atoms with Gasteiger partial charge in [0, 0.05) is 30.4 Å². The van der Waals surface area contributed by atoms with Gasteiger partial charge in [-0.05, 0) is 66.5 Å². The second-order valence-corrected chi connectivity index (χ2v) is 11.6. The molecule has 0 spiro atoms. The van der Waals surface area contributed by atoms with Gasteiger partial charge in [-0.15, -0.1) is 0 Å². The molecule has 0 saturated heterocycles. The number of amides is 1. The van der Waals surface area contributed by atoms with Crippen molar-refractivity contribution in [1.29, 1.82) is 0 Å². The largest absolute Gasteiger partial charge is 0.502 e. The Balaban J connectivity index is 1.57. The van der Waals surface area contributed by atoms with Crippen molar-refractivity contribution in [3.05, 3.63) is 111 Å². The van der Waals surface area contributed by atoms with Crippen LogP contribution in [-0.2, 0) is 23.6 Å². The average Bonchev–Trinajstić information content (AvgIpc) is 3.01. The van der Waals surface area contributed by atoms with Crippen LogP contribution in [-0.4, -0.2) is 56.5 Å². The van der Waals surface area contributed by atoms with E-state index in [0.29, 0.717) is 35.6 Å². The Morgan fingerprint density at radius 2 is 1.51 bits per heavy atom. The van der Waals surface area contributed by atoms with Crippen LogP contribution in [0.1, 0.15) is 30.7 Å². The summed E-state index contributed by atoms with van der Waals surface area (Å²) in [5.41, 5.74) is 3.45. The summed E-state index contributed by atoms with van der Waals surface area (Å²) in [6.45, 7) is 9.04. The third-order valence-electron chi connectivity index (χ3n) is 7.39. The summed E-state index contributed by atoms with van der Waals surface area (Å²) < 4.78 is 15.0. The van der Waals surface area contributed by atoms with Crippen molar-refractivity contribution < 1.29 is 14.3 Å². The van der Waals surface area contributed by atoms with Gasteiger partial charge in [0.05, 0.1) is 5.69 Å². The number of carbonyl (C=O) groups excluding carboxylic acids is 1. The summed E-state index contributed by atoms with van der Waals surface area (Å²) in [6.07, 6.45) is 0. The number of aromatic nitrogens is 2. The number of nitrogens with zero attached hydrogens (tertiary/aromatic N) is 4. The van der Waals surface area contributed by atoms with E-state index in [0.717, 1.165) is 35.3 Å². The Labute approximate surface area is 260 Å². The molecule has 1 heterocycles. The first kappa shape index (κ1) is 32.3. The molecular formula is C33H36ClFN4O3S. The van der Waals surface area contributed by atoms with E-state index >= 15 is 0 Å². The normalized spacial score (nSPS) is 11.2. The predicted molar refractivity (Wildman–Crippen MR) is 171 cm³/mol. The van der Waals surface area contributed by atoms with Gasteiger partial charge in [-0.25, -0.2) is 4.39 Å². The SMILES string of the molecule is CCN(CC)CCN(Cc1ccc(-c2ccc(Cl)cc2)cc1)C(=O)Cn1c(SCc2ccc(F)cc2)nc(=O)c(O)c1C. The highest BCUT2D eigenvalue weighted by Crippen LogP contribution is 2.25. The van der Waals surface area contributed by atoms with Crippen LogP contribution in [0.2, 0.25) is 5.02 Å². The van der Waals surface area contributed by atoms with Crippen LogP contribution >= 0.6 is 23.4 Å². The van der Waals surface area contributed by atoms with Crippen LogP contribution < -0.4 is 5.56 Å². The molecule has 7 nitrogen and oxygen atoms in total. The van der Waals surface area contributed by atoms with Crippen molar-refractivity contribution in [2.24, 2.45) is 0 Å². The molecule has 0 bridgehead atoms. The Bertz CT molecular complexity index is 1570. The van der Waals surface area contributed by atoms with Crippen LogP contribution in [0.25, 0.3) is 11.1 Å². The third-order valence-corrected chi connectivity index (χ3v) is 8.69. The highest BCUT2D eigenvalue weighted by Gasteiger charge is 2.21. The first-order valence-electron chi connectivity index (χ1n) is 14.2. The molecule has 0 aliphatic heterocycles. The lowest BCUT2D eigenvalue weighted by Gasteiger charge is -2.28. The second-order valence-electron chi connectivity index (χ2n) is 10.2. The minimum atomic E-state index is -0.748. The molecule has 0 aliphatic rings. The fourth-order valence-electron chi connectivity index (χ4n) is 4.65. The summed E-state index contributed by atoms with van der Waals surface area (Å²) in [7, 11) is 0. The van der Waals surface area contributed by atoms with E-state index in [4.69, 9.17) is 11.6 Å². The van der Waals surface area contributed by atoms with E-state index in [1.54, 1.807) is 28.5 Å². The highest BCUT2D eigenvalue weighted by molar-refractivity contribution is 7.98. The standard InChI is InChI=1S/C33H36ClFN4O3S/c1-4-37(5-2)18-19-38(20-24-6-10-26(11-7-24)27-12-14-28(34)15-13-27)30(40)21-39-23(3)31(41)32(42)36-33(39)43-22-25-8-16-29(35)17-9-25/h6-17,41H,4-5,18-22H2,1-3H3. The second kappa shape index (κ2) is 15.2. The maximum Gasteiger partial charge on any atom is 0.316 e. The Morgan fingerprint density at radius 1 is 0.930 bits per heavy atom. The maximum absolute atomic E-state index is 13.9. The van der Waals surface area contributed by atoms with Gasteiger partial charge in [-0.2, -0.15) is 4.98 Å². The van der Waals surface area contributed by atoms with Crippen LogP contribution in [0, 0.1) is 12.7 Å². The Kier molecular flexibility index (Phi) is 11.4. The monoisotopic (exact) mass is 622 g/mol. The molecule has 0 unspecified atom stereocenters. The molecule has 0 aliphatic carbocycles. The lowest BCUT2D eigenvalue weighted by atomic mass is 10.0. The summed E-state index contributed by atoms with van der Waals surface area (Å²) in [4.78, 5) is 34.4. The maximum atomic E-state index is 13.9. The van der Waals surface area contributed by atoms with Crippen molar-refractivity contribution in [1.82, 2.24) is 19.4 Å². The summed E-state index contributed by atoms with van der Waals surface area (Å²) in [5.74, 6) is -0.562. The van der Waals surface area contributed by atoms with E-state index in [9.17, 15) is 19.1 Å².